The summed E-state index contributed by atoms with van der Waals surface area (Å²) < 4.78 is 28.5. The van der Waals surface area contributed by atoms with Crippen molar-refractivity contribution in [2.75, 3.05) is 75.2 Å². The third-order valence-electron chi connectivity index (χ3n) is 14.0. The van der Waals surface area contributed by atoms with Gasteiger partial charge in [0, 0.05) is 38.5 Å². The van der Waals surface area contributed by atoms with E-state index in [0.29, 0.717) is 69.2 Å². The van der Waals surface area contributed by atoms with E-state index in [-0.39, 0.29) is 86.8 Å². The number of aliphatic hydroxyl groups is 2. The Balaban J connectivity index is -0.000000765. The first-order chi connectivity index (χ1) is 39.1. The Morgan fingerprint density at radius 1 is 0.369 bits per heavy atom. The van der Waals surface area contributed by atoms with Crippen LogP contribution in [0.4, 0.5) is 0 Å². The van der Waals surface area contributed by atoms with Crippen molar-refractivity contribution in [2.24, 2.45) is 0 Å². The van der Waals surface area contributed by atoms with Gasteiger partial charge in [0.05, 0.1) is 61.1 Å². The standard InChI is InChI=1S/C38H72NO7.C28H51NO7.2ClH/c1-6-8-10-11-12-17-20-24-32-44-36(41)28-23-19-16-14-13-15-18-22-26-34(40)35(27-21-9-7-2)46-38(43)30-25-29-37(42)45-33-31-39(3,4)5;1-5-6-13-18-25(24(30)17-14-11-9-7-8-10-12-15-19-26(31)32)36-28(34)21-16-20-27(33)35-23-22-29(2,3)4;;/h18,22,34-35,40H,6-17,19-21,23-33H2,1-5H3;11,14,24-25,30H,5-10,12-13,15-23H2,1-4H3;2*1H/q+1;;;/p-1/b22-18-;14-11-;;. The number of aliphatic carboxylic acids is 1. The molecule has 18 heteroatoms. The highest BCUT2D eigenvalue weighted by Gasteiger charge is 2.24. The van der Waals surface area contributed by atoms with E-state index >= 15 is 0 Å². The van der Waals surface area contributed by atoms with Crippen molar-refractivity contribution in [3.63, 3.8) is 0 Å². The molecule has 0 aromatic heterocycles. The molecule has 0 aliphatic heterocycles. The van der Waals surface area contributed by atoms with Crippen LogP contribution in [0.25, 0.3) is 0 Å². The molecule has 84 heavy (non-hydrogen) atoms. The van der Waals surface area contributed by atoms with Gasteiger partial charge in [0.2, 0.25) is 0 Å². The Labute approximate surface area is 523 Å². The smallest absolute Gasteiger partial charge is 0.306 e. The number of unbranched alkanes of at least 4 members (excludes halogenated alkanes) is 21. The Morgan fingerprint density at radius 3 is 1.06 bits per heavy atom. The molecule has 0 bridgehead atoms. The predicted octanol–water partition coefficient (Wildman–Crippen LogP) is 7.65. The normalized spacial score (nSPS) is 12.9. The highest BCUT2D eigenvalue weighted by molar-refractivity contribution is 5.73. The monoisotopic (exact) mass is 1240 g/mol. The summed E-state index contributed by atoms with van der Waals surface area (Å²) in [5, 5.41) is 30.0. The number of halogens is 2. The molecule has 0 saturated heterocycles. The number of esters is 5. The van der Waals surface area contributed by atoms with E-state index in [2.05, 4.69) is 32.9 Å². The average Bonchev–Trinajstić information content (AvgIpc) is 3.40. The number of rotatable bonds is 55. The molecule has 496 valence electrons. The molecule has 0 amide bonds. The van der Waals surface area contributed by atoms with Crippen LogP contribution in [0, 0.1) is 0 Å². The van der Waals surface area contributed by atoms with Crippen LogP contribution < -0.4 is 24.8 Å². The molecule has 0 saturated carbocycles. The van der Waals surface area contributed by atoms with Crippen LogP contribution in [0.1, 0.15) is 265 Å². The van der Waals surface area contributed by atoms with E-state index in [0.717, 1.165) is 146 Å². The van der Waals surface area contributed by atoms with E-state index in [9.17, 15) is 39.0 Å². The van der Waals surface area contributed by atoms with Crippen LogP contribution in [0.15, 0.2) is 24.3 Å². The van der Waals surface area contributed by atoms with Crippen LogP contribution in [0.3, 0.4) is 0 Å². The number of quaternary nitrogens is 2. The number of carboxylic acid groups (broad SMARTS) is 1. The lowest BCUT2D eigenvalue weighted by atomic mass is 10.0. The summed E-state index contributed by atoms with van der Waals surface area (Å²) in [6, 6.07) is 0. The molecule has 4 unspecified atom stereocenters. The number of allylic oxidation sites excluding steroid dienone is 2. The van der Waals surface area contributed by atoms with E-state index in [1.807, 2.05) is 54.4 Å². The van der Waals surface area contributed by atoms with Gasteiger partial charge in [-0.15, -0.1) is 0 Å². The second-order valence-corrected chi connectivity index (χ2v) is 24.5. The van der Waals surface area contributed by atoms with E-state index < -0.39 is 30.4 Å². The van der Waals surface area contributed by atoms with Gasteiger partial charge in [0.25, 0.3) is 0 Å². The number of carbonyl (C=O) groups excluding carboxylic acids is 5. The number of nitrogens with zero attached hydrogens (tertiary/aromatic N) is 2. The van der Waals surface area contributed by atoms with E-state index in [4.69, 9.17) is 28.8 Å². The fourth-order valence-electron chi connectivity index (χ4n) is 8.71. The van der Waals surface area contributed by atoms with Crippen molar-refractivity contribution >= 4 is 35.8 Å². The van der Waals surface area contributed by atoms with Gasteiger partial charge < -0.3 is 72.8 Å². The van der Waals surface area contributed by atoms with Gasteiger partial charge in [-0.25, -0.2) is 0 Å². The zero-order valence-electron chi connectivity index (χ0n) is 54.5. The Bertz CT molecular complexity index is 1650. The number of ether oxygens (including phenoxy) is 5. The van der Waals surface area contributed by atoms with Gasteiger partial charge in [-0.05, 0) is 96.3 Å². The molecular formula is C66H124Cl2N2O14. The Hall–Kier alpha value is -3.28. The van der Waals surface area contributed by atoms with Crippen LogP contribution in [-0.2, 0) is 52.5 Å². The summed E-state index contributed by atoms with van der Waals surface area (Å²) in [5.74, 6) is -2.16. The molecule has 0 spiro atoms. The first kappa shape index (κ1) is 87.2. The predicted molar refractivity (Wildman–Crippen MR) is 329 cm³/mol. The molecule has 0 fully saturated rings. The second kappa shape index (κ2) is 60.0. The molecule has 0 aliphatic rings. The molecule has 3 N–H and O–H groups in total. The maximum absolute atomic E-state index is 12.5. The summed E-state index contributed by atoms with van der Waals surface area (Å²) in [4.78, 5) is 71.0. The second-order valence-electron chi connectivity index (χ2n) is 24.5. The van der Waals surface area contributed by atoms with Crippen molar-refractivity contribution < 1.29 is 102 Å². The van der Waals surface area contributed by atoms with Crippen LogP contribution in [0.2, 0.25) is 0 Å². The minimum absolute atomic E-state index is 0. The minimum atomic E-state index is -0.751. The first-order valence-corrected chi connectivity index (χ1v) is 32.5. The number of hydrogen-bond acceptors (Lipinski definition) is 13. The summed E-state index contributed by atoms with van der Waals surface area (Å²) >= 11 is 0. The van der Waals surface area contributed by atoms with Gasteiger partial charge in [0.15, 0.2) is 0 Å². The lowest BCUT2D eigenvalue weighted by Crippen LogP contribution is -3.00. The quantitative estimate of drug-likeness (QED) is 0.0176. The Kier molecular flexibility index (Phi) is 62.3. The summed E-state index contributed by atoms with van der Waals surface area (Å²) in [6.45, 7) is 9.21. The fourth-order valence-corrected chi connectivity index (χ4v) is 8.71. The van der Waals surface area contributed by atoms with E-state index in [1.54, 1.807) is 0 Å². The lowest BCUT2D eigenvalue weighted by Gasteiger charge is -2.23. The maximum atomic E-state index is 12.5. The van der Waals surface area contributed by atoms with Crippen LogP contribution in [-0.4, -0.2) is 160 Å². The fraction of sp³-hybridized carbons (Fsp3) is 0.848. The van der Waals surface area contributed by atoms with Crippen molar-refractivity contribution in [1.82, 2.24) is 0 Å². The summed E-state index contributed by atoms with van der Waals surface area (Å²) in [6.07, 6.45) is 37.5. The molecule has 0 aromatic carbocycles. The highest BCUT2D eigenvalue weighted by Crippen LogP contribution is 2.19. The number of hydrogen-bond donors (Lipinski definition) is 3. The van der Waals surface area contributed by atoms with E-state index in [1.165, 1.54) is 38.5 Å². The number of carboxylic acids is 1. The summed E-state index contributed by atoms with van der Waals surface area (Å²) in [7, 11) is 12.2. The van der Waals surface area contributed by atoms with Gasteiger partial charge >= 0.3 is 35.8 Å². The molecular weight excluding hydrogens is 1120 g/mol. The lowest BCUT2D eigenvalue weighted by molar-refractivity contribution is -0.870. The molecule has 0 aromatic rings. The number of carbonyl (C=O) groups is 6. The van der Waals surface area contributed by atoms with Gasteiger partial charge in [-0.2, -0.15) is 0 Å². The van der Waals surface area contributed by atoms with Crippen molar-refractivity contribution in [3.05, 3.63) is 24.3 Å². The van der Waals surface area contributed by atoms with Gasteiger partial charge in [0.1, 0.15) is 38.5 Å². The molecule has 0 radical (unpaired) electrons. The number of likely N-dealkylation sites (N-methyl/N-ethyl adjacent to an activating group) is 2. The largest absolute Gasteiger partial charge is 1.00 e. The van der Waals surface area contributed by atoms with Gasteiger partial charge in [-0.1, -0.05) is 154 Å². The zero-order chi connectivity index (χ0) is 61.5. The Morgan fingerprint density at radius 2 is 0.679 bits per heavy atom. The summed E-state index contributed by atoms with van der Waals surface area (Å²) in [5.41, 5.74) is 0. The highest BCUT2D eigenvalue weighted by atomic mass is 35.5. The third kappa shape index (κ3) is 64.7. The zero-order valence-corrected chi connectivity index (χ0v) is 56.0. The van der Waals surface area contributed by atoms with Crippen LogP contribution >= 0.6 is 0 Å². The molecule has 0 aliphatic carbocycles. The average molecular weight is 1240 g/mol. The molecule has 0 rings (SSSR count). The van der Waals surface area contributed by atoms with Crippen molar-refractivity contribution in [1.29, 1.82) is 0 Å². The third-order valence-corrected chi connectivity index (χ3v) is 14.0. The molecule has 4 atom stereocenters. The molecule has 0 heterocycles. The maximum Gasteiger partial charge on any atom is 0.306 e. The van der Waals surface area contributed by atoms with Crippen molar-refractivity contribution in [3.8, 4) is 0 Å². The van der Waals surface area contributed by atoms with Crippen molar-refractivity contribution in [2.45, 2.75) is 289 Å². The topological polar surface area (TPSA) is 209 Å². The SMILES string of the molecule is CCCCCC(OC(=O)CCCC(=O)OCC[N+](C)(C)C)C(O)C/C=C\CCCCCCCC(=O)O.CCCCCCCCCCOC(=O)CCCCCCC/C=C\CC(O)C(CCCCC)OC(=O)CCCC(=O)OCC[N+](C)(C)C.[Cl-].[Cl-]. The van der Waals surface area contributed by atoms with Crippen LogP contribution in [0.5, 0.6) is 0 Å². The molecule has 16 nitrogen and oxygen atoms in total. The number of aliphatic hydroxyl groups excluding tert-OH is 2. The minimum Gasteiger partial charge on any atom is -1.00 e. The van der Waals surface area contributed by atoms with Gasteiger partial charge in [-0.3, -0.25) is 28.8 Å². The first-order valence-electron chi connectivity index (χ1n) is 32.5.